The molecule has 2 nitrogen and oxygen atoms in total. The molecule has 0 saturated heterocycles. The Morgan fingerprint density at radius 2 is 2.33 bits per heavy atom. The Morgan fingerprint density at radius 3 is 2.83 bits per heavy atom. The maximum atomic E-state index is 5.93. The predicted molar refractivity (Wildman–Crippen MR) is 48.4 cm³/mol. The van der Waals surface area contributed by atoms with Crippen LogP contribution in [0, 0.1) is 0 Å². The quantitative estimate of drug-likeness (QED) is 0.703. The molecule has 0 atom stereocenters. The molecule has 1 aliphatic rings. The smallest absolute Gasteiger partial charge is 0.150 e. The predicted octanol–water partition coefficient (Wildman–Crippen LogP) is 2.57. The van der Waals surface area contributed by atoms with Gasteiger partial charge in [-0.15, -0.1) is 0 Å². The summed E-state index contributed by atoms with van der Waals surface area (Å²) in [5, 5.41) is 0.585. The first kappa shape index (κ1) is 7.99. The highest BCUT2D eigenvalue weighted by molar-refractivity contribution is 6.30. The molecule has 3 heteroatoms. The van der Waals surface area contributed by atoms with Gasteiger partial charge in [-0.05, 0) is 19.3 Å². The molecule has 0 unspecified atom stereocenters. The number of nitrogens with zero attached hydrogens (tertiary/aromatic N) is 2. The number of hydrogen-bond donors (Lipinski definition) is 0. The second-order valence-corrected chi connectivity index (χ2v) is 3.52. The van der Waals surface area contributed by atoms with E-state index in [2.05, 4.69) is 9.97 Å². The summed E-state index contributed by atoms with van der Waals surface area (Å²) in [5.74, 6) is 0.640. The van der Waals surface area contributed by atoms with Gasteiger partial charge < -0.3 is 0 Å². The van der Waals surface area contributed by atoms with Gasteiger partial charge in [0.15, 0.2) is 5.15 Å². The first-order valence-corrected chi connectivity index (χ1v) is 4.70. The van der Waals surface area contributed by atoms with E-state index in [1.807, 2.05) is 13.1 Å². The van der Waals surface area contributed by atoms with Crippen molar-refractivity contribution in [3.05, 3.63) is 22.7 Å². The first-order valence-electron chi connectivity index (χ1n) is 4.32. The molecule has 0 bridgehead atoms. The Morgan fingerprint density at radius 1 is 1.58 bits per heavy atom. The fourth-order valence-electron chi connectivity index (χ4n) is 1.22. The maximum Gasteiger partial charge on any atom is 0.150 e. The molecule has 0 spiro atoms. The standard InChI is InChI=1S/C9H11ClN2/c1-2-7-9(10)12-8(5-11-7)6-3-4-6/h5-6H,2-4H2,1H3. The van der Waals surface area contributed by atoms with Crippen molar-refractivity contribution in [2.24, 2.45) is 0 Å². The van der Waals surface area contributed by atoms with E-state index in [-0.39, 0.29) is 0 Å². The Bertz CT molecular complexity index is 295. The van der Waals surface area contributed by atoms with Gasteiger partial charge in [0.05, 0.1) is 11.4 Å². The van der Waals surface area contributed by atoms with Crippen LogP contribution < -0.4 is 0 Å². The molecule has 1 aromatic rings. The van der Waals surface area contributed by atoms with Gasteiger partial charge in [0.25, 0.3) is 0 Å². The molecule has 1 aromatic heterocycles. The maximum absolute atomic E-state index is 5.93. The number of halogens is 1. The second-order valence-electron chi connectivity index (χ2n) is 3.16. The fraction of sp³-hybridized carbons (Fsp3) is 0.556. The molecule has 1 heterocycles. The van der Waals surface area contributed by atoms with Crippen LogP contribution >= 0.6 is 11.6 Å². The molecule has 0 radical (unpaired) electrons. The lowest BCUT2D eigenvalue weighted by Gasteiger charge is -2.01. The minimum absolute atomic E-state index is 0.585. The number of aryl methyl sites for hydroxylation is 1. The summed E-state index contributed by atoms with van der Waals surface area (Å²) in [6.45, 7) is 2.03. The Kier molecular flexibility index (Phi) is 2.01. The molecule has 64 valence electrons. The second kappa shape index (κ2) is 3.02. The molecule has 0 N–H and O–H groups in total. The van der Waals surface area contributed by atoms with Gasteiger partial charge in [-0.3, -0.25) is 4.98 Å². The topological polar surface area (TPSA) is 25.8 Å². The van der Waals surface area contributed by atoms with Crippen LogP contribution in [0.15, 0.2) is 6.20 Å². The van der Waals surface area contributed by atoms with Crippen LogP contribution in [-0.4, -0.2) is 9.97 Å². The highest BCUT2D eigenvalue weighted by atomic mass is 35.5. The zero-order valence-corrected chi connectivity index (χ0v) is 7.80. The summed E-state index contributed by atoms with van der Waals surface area (Å²) in [6.07, 6.45) is 5.21. The molecule has 0 aromatic carbocycles. The lowest BCUT2D eigenvalue weighted by atomic mass is 10.3. The van der Waals surface area contributed by atoms with E-state index in [0.717, 1.165) is 17.8 Å². The van der Waals surface area contributed by atoms with Crippen molar-refractivity contribution in [1.82, 2.24) is 9.97 Å². The molecule has 12 heavy (non-hydrogen) atoms. The van der Waals surface area contributed by atoms with Crippen LogP contribution in [0.1, 0.15) is 37.1 Å². The lowest BCUT2D eigenvalue weighted by Crippen LogP contribution is -1.95. The van der Waals surface area contributed by atoms with Crippen LogP contribution in [-0.2, 0) is 6.42 Å². The average Bonchev–Trinajstić information content (AvgIpc) is 2.86. The number of rotatable bonds is 2. The monoisotopic (exact) mass is 182 g/mol. The van der Waals surface area contributed by atoms with E-state index < -0.39 is 0 Å². The average molecular weight is 183 g/mol. The summed E-state index contributed by atoms with van der Waals surface area (Å²) in [6, 6.07) is 0. The summed E-state index contributed by atoms with van der Waals surface area (Å²) in [7, 11) is 0. The molecular weight excluding hydrogens is 172 g/mol. The summed E-state index contributed by atoms with van der Waals surface area (Å²) >= 11 is 5.93. The minimum atomic E-state index is 0.585. The molecule has 1 aliphatic carbocycles. The van der Waals surface area contributed by atoms with E-state index in [1.165, 1.54) is 12.8 Å². The SMILES string of the molecule is CCc1ncc(C2CC2)nc1Cl. The van der Waals surface area contributed by atoms with Crippen molar-refractivity contribution < 1.29 is 0 Å². The van der Waals surface area contributed by atoms with E-state index in [9.17, 15) is 0 Å². The number of aromatic nitrogens is 2. The zero-order chi connectivity index (χ0) is 8.55. The third-order valence-electron chi connectivity index (χ3n) is 2.15. The van der Waals surface area contributed by atoms with Crippen molar-refractivity contribution >= 4 is 11.6 Å². The van der Waals surface area contributed by atoms with Gasteiger partial charge in [0, 0.05) is 12.1 Å². The fourth-order valence-corrected chi connectivity index (χ4v) is 1.50. The van der Waals surface area contributed by atoms with Crippen molar-refractivity contribution in [3.63, 3.8) is 0 Å². The molecule has 2 rings (SSSR count). The Hall–Kier alpha value is -0.630. The van der Waals surface area contributed by atoms with Crippen molar-refractivity contribution in [2.75, 3.05) is 0 Å². The van der Waals surface area contributed by atoms with Gasteiger partial charge in [-0.25, -0.2) is 4.98 Å². The van der Waals surface area contributed by atoms with Gasteiger partial charge in [-0.1, -0.05) is 18.5 Å². The van der Waals surface area contributed by atoms with Crippen molar-refractivity contribution in [2.45, 2.75) is 32.1 Å². The minimum Gasteiger partial charge on any atom is -0.256 e. The van der Waals surface area contributed by atoms with Gasteiger partial charge >= 0.3 is 0 Å². The Labute approximate surface area is 77.0 Å². The highest BCUT2D eigenvalue weighted by Gasteiger charge is 2.25. The van der Waals surface area contributed by atoms with Gasteiger partial charge in [-0.2, -0.15) is 0 Å². The van der Waals surface area contributed by atoms with Crippen LogP contribution in [0.25, 0.3) is 0 Å². The lowest BCUT2D eigenvalue weighted by molar-refractivity contribution is 0.930. The third-order valence-corrected chi connectivity index (χ3v) is 2.45. The van der Waals surface area contributed by atoms with E-state index in [0.29, 0.717) is 11.1 Å². The van der Waals surface area contributed by atoms with E-state index >= 15 is 0 Å². The molecular formula is C9H11ClN2. The van der Waals surface area contributed by atoms with Crippen LogP contribution in [0.4, 0.5) is 0 Å². The summed E-state index contributed by atoms with van der Waals surface area (Å²) in [5.41, 5.74) is 1.97. The van der Waals surface area contributed by atoms with Gasteiger partial charge in [0.1, 0.15) is 0 Å². The number of hydrogen-bond acceptors (Lipinski definition) is 2. The molecule has 1 saturated carbocycles. The van der Waals surface area contributed by atoms with Crippen molar-refractivity contribution in [1.29, 1.82) is 0 Å². The normalized spacial score (nSPS) is 16.5. The van der Waals surface area contributed by atoms with Crippen molar-refractivity contribution in [3.8, 4) is 0 Å². The van der Waals surface area contributed by atoms with E-state index in [1.54, 1.807) is 0 Å². The zero-order valence-electron chi connectivity index (χ0n) is 7.05. The van der Waals surface area contributed by atoms with Crippen LogP contribution in [0.5, 0.6) is 0 Å². The molecule has 0 aliphatic heterocycles. The highest BCUT2D eigenvalue weighted by Crippen LogP contribution is 2.39. The van der Waals surface area contributed by atoms with Crippen LogP contribution in [0.2, 0.25) is 5.15 Å². The van der Waals surface area contributed by atoms with Gasteiger partial charge in [0.2, 0.25) is 0 Å². The third kappa shape index (κ3) is 1.44. The molecule has 0 amide bonds. The summed E-state index contributed by atoms with van der Waals surface area (Å²) < 4.78 is 0. The Balaban J connectivity index is 2.30. The van der Waals surface area contributed by atoms with E-state index in [4.69, 9.17) is 11.6 Å². The first-order chi connectivity index (χ1) is 5.81. The largest absolute Gasteiger partial charge is 0.256 e. The molecule has 1 fully saturated rings. The summed E-state index contributed by atoms with van der Waals surface area (Å²) in [4.78, 5) is 8.57. The van der Waals surface area contributed by atoms with Crippen LogP contribution in [0.3, 0.4) is 0 Å².